The molecule has 0 aromatic heterocycles. The van der Waals surface area contributed by atoms with Gasteiger partial charge < -0.3 is 15.7 Å². The highest BCUT2D eigenvalue weighted by molar-refractivity contribution is 5.83. The van der Waals surface area contributed by atoms with Crippen molar-refractivity contribution in [1.29, 1.82) is 0 Å². The summed E-state index contributed by atoms with van der Waals surface area (Å²) in [7, 11) is 0. The van der Waals surface area contributed by atoms with Crippen LogP contribution in [0.3, 0.4) is 0 Å². The van der Waals surface area contributed by atoms with Gasteiger partial charge in [0.25, 0.3) is 0 Å². The lowest BCUT2D eigenvalue weighted by molar-refractivity contribution is -0.136. The molecular weight excluding hydrogens is 228 g/mol. The van der Waals surface area contributed by atoms with E-state index in [1.807, 2.05) is 37.3 Å². The molecule has 1 aliphatic rings. The second kappa shape index (κ2) is 5.50. The van der Waals surface area contributed by atoms with Crippen molar-refractivity contribution >= 4 is 5.91 Å². The van der Waals surface area contributed by atoms with Gasteiger partial charge in [0.05, 0.1) is 6.10 Å². The topological polar surface area (TPSA) is 66.6 Å². The van der Waals surface area contributed by atoms with E-state index in [4.69, 9.17) is 5.73 Å². The smallest absolute Gasteiger partial charge is 0.244 e. The van der Waals surface area contributed by atoms with Gasteiger partial charge in [-0.1, -0.05) is 37.3 Å². The summed E-state index contributed by atoms with van der Waals surface area (Å²) in [6.45, 7) is 3.13. The molecule has 2 rings (SSSR count). The summed E-state index contributed by atoms with van der Waals surface area (Å²) in [5.74, 6) is 0.0608. The van der Waals surface area contributed by atoms with Gasteiger partial charge in [-0.3, -0.25) is 4.79 Å². The molecule has 0 bridgehead atoms. The van der Waals surface area contributed by atoms with Crippen molar-refractivity contribution in [2.75, 3.05) is 13.1 Å². The second-order valence-corrected chi connectivity index (χ2v) is 5.01. The monoisotopic (exact) mass is 248 g/mol. The Morgan fingerprint density at radius 3 is 2.72 bits per heavy atom. The summed E-state index contributed by atoms with van der Waals surface area (Å²) in [5.41, 5.74) is 6.83. The molecule has 0 radical (unpaired) electrons. The van der Waals surface area contributed by atoms with E-state index in [1.54, 1.807) is 4.90 Å². The van der Waals surface area contributed by atoms with Crippen LogP contribution in [-0.2, 0) is 4.79 Å². The number of piperidine rings is 1. The van der Waals surface area contributed by atoms with Crippen LogP contribution in [0.15, 0.2) is 30.3 Å². The number of aliphatic hydroxyl groups excluding tert-OH is 1. The maximum absolute atomic E-state index is 12.3. The van der Waals surface area contributed by atoms with Gasteiger partial charge in [0.1, 0.15) is 6.04 Å². The van der Waals surface area contributed by atoms with Crippen LogP contribution >= 0.6 is 0 Å². The Kier molecular flexibility index (Phi) is 3.99. The molecule has 1 aliphatic heterocycles. The number of carbonyl (C=O) groups excluding carboxylic acids is 1. The fourth-order valence-corrected chi connectivity index (χ4v) is 2.33. The van der Waals surface area contributed by atoms with Crippen molar-refractivity contribution in [1.82, 2.24) is 4.90 Å². The van der Waals surface area contributed by atoms with Crippen molar-refractivity contribution in [3.8, 4) is 0 Å². The first-order valence-electron chi connectivity index (χ1n) is 6.37. The fourth-order valence-electron chi connectivity index (χ4n) is 2.33. The first-order chi connectivity index (χ1) is 8.59. The normalized spacial score (nSPS) is 25.8. The van der Waals surface area contributed by atoms with Gasteiger partial charge in [0.2, 0.25) is 5.91 Å². The quantitative estimate of drug-likeness (QED) is 0.817. The standard InChI is InChI=1S/C14H20N2O2/c1-10-9-16(8-7-12(10)17)14(18)13(15)11-5-3-2-4-6-11/h2-6,10,12-13,17H,7-9,15H2,1H3/t10?,12?,13-/m1/s1. The van der Waals surface area contributed by atoms with E-state index in [9.17, 15) is 9.90 Å². The fraction of sp³-hybridized carbons (Fsp3) is 0.500. The SMILES string of the molecule is CC1CN(C(=O)[C@H](N)c2ccccc2)CCC1O. The lowest BCUT2D eigenvalue weighted by Gasteiger charge is -2.35. The highest BCUT2D eigenvalue weighted by Crippen LogP contribution is 2.20. The molecule has 3 atom stereocenters. The average Bonchev–Trinajstić information content (AvgIpc) is 2.41. The summed E-state index contributed by atoms with van der Waals surface area (Å²) < 4.78 is 0. The van der Waals surface area contributed by atoms with E-state index in [0.717, 1.165) is 5.56 Å². The van der Waals surface area contributed by atoms with Crippen molar-refractivity contribution in [3.63, 3.8) is 0 Å². The van der Waals surface area contributed by atoms with Crippen LogP contribution in [0.4, 0.5) is 0 Å². The number of aliphatic hydroxyl groups is 1. The summed E-state index contributed by atoms with van der Waals surface area (Å²) in [6.07, 6.45) is 0.330. The molecule has 1 aromatic rings. The van der Waals surface area contributed by atoms with Crippen LogP contribution in [-0.4, -0.2) is 35.1 Å². The summed E-state index contributed by atoms with van der Waals surface area (Å²) in [5, 5.41) is 9.66. The summed E-state index contributed by atoms with van der Waals surface area (Å²) in [6, 6.07) is 8.79. The van der Waals surface area contributed by atoms with E-state index >= 15 is 0 Å². The molecule has 4 nitrogen and oxygen atoms in total. The van der Waals surface area contributed by atoms with Gasteiger partial charge in [-0.05, 0) is 17.9 Å². The number of benzene rings is 1. The molecule has 1 amide bonds. The first-order valence-corrected chi connectivity index (χ1v) is 6.37. The third-order valence-corrected chi connectivity index (χ3v) is 3.60. The van der Waals surface area contributed by atoms with Crippen LogP contribution in [0, 0.1) is 5.92 Å². The number of likely N-dealkylation sites (tertiary alicyclic amines) is 1. The highest BCUT2D eigenvalue weighted by Gasteiger charge is 2.30. The number of hydrogen-bond acceptors (Lipinski definition) is 3. The Balaban J connectivity index is 2.03. The maximum atomic E-state index is 12.3. The van der Waals surface area contributed by atoms with Gasteiger partial charge in [-0.25, -0.2) is 0 Å². The third kappa shape index (κ3) is 2.71. The lowest BCUT2D eigenvalue weighted by atomic mass is 9.95. The minimum atomic E-state index is -0.603. The van der Waals surface area contributed by atoms with Gasteiger partial charge in [-0.2, -0.15) is 0 Å². The largest absolute Gasteiger partial charge is 0.393 e. The molecule has 1 heterocycles. The minimum Gasteiger partial charge on any atom is -0.393 e. The Bertz CT molecular complexity index is 408. The van der Waals surface area contributed by atoms with Crippen molar-refractivity contribution in [2.24, 2.45) is 11.7 Å². The van der Waals surface area contributed by atoms with E-state index in [2.05, 4.69) is 0 Å². The predicted octanol–water partition coefficient (Wildman–Crippen LogP) is 0.916. The van der Waals surface area contributed by atoms with Crippen molar-refractivity contribution in [3.05, 3.63) is 35.9 Å². The molecule has 1 saturated heterocycles. The zero-order valence-corrected chi connectivity index (χ0v) is 10.6. The summed E-state index contributed by atoms with van der Waals surface area (Å²) in [4.78, 5) is 14.0. The molecule has 0 saturated carbocycles. The van der Waals surface area contributed by atoms with Crippen LogP contribution < -0.4 is 5.73 Å². The first kappa shape index (κ1) is 13.1. The molecule has 4 heteroatoms. The van der Waals surface area contributed by atoms with Gasteiger partial charge in [0, 0.05) is 13.1 Å². The molecule has 1 aromatic carbocycles. The molecule has 0 aliphatic carbocycles. The highest BCUT2D eigenvalue weighted by atomic mass is 16.3. The lowest BCUT2D eigenvalue weighted by Crippen LogP contribution is -2.48. The minimum absolute atomic E-state index is 0.0556. The van der Waals surface area contributed by atoms with E-state index in [1.165, 1.54) is 0 Å². The molecule has 0 spiro atoms. The zero-order chi connectivity index (χ0) is 13.1. The van der Waals surface area contributed by atoms with Gasteiger partial charge >= 0.3 is 0 Å². The molecule has 1 fully saturated rings. The van der Waals surface area contributed by atoms with Crippen molar-refractivity contribution in [2.45, 2.75) is 25.5 Å². The molecule has 3 N–H and O–H groups in total. The molecule has 2 unspecified atom stereocenters. The predicted molar refractivity (Wildman–Crippen MR) is 69.7 cm³/mol. The number of rotatable bonds is 2. The molecule has 18 heavy (non-hydrogen) atoms. The molecule has 98 valence electrons. The molecular formula is C14H20N2O2. The van der Waals surface area contributed by atoms with Gasteiger partial charge in [-0.15, -0.1) is 0 Å². The van der Waals surface area contributed by atoms with Crippen LogP contribution in [0.25, 0.3) is 0 Å². The Hall–Kier alpha value is -1.39. The Labute approximate surface area is 107 Å². The second-order valence-electron chi connectivity index (χ2n) is 5.01. The number of nitrogens with zero attached hydrogens (tertiary/aromatic N) is 1. The van der Waals surface area contributed by atoms with E-state index < -0.39 is 6.04 Å². The van der Waals surface area contributed by atoms with E-state index in [0.29, 0.717) is 19.5 Å². The number of carbonyl (C=O) groups is 1. The van der Waals surface area contributed by atoms with Crippen molar-refractivity contribution < 1.29 is 9.90 Å². The maximum Gasteiger partial charge on any atom is 0.244 e. The van der Waals surface area contributed by atoms with E-state index in [-0.39, 0.29) is 17.9 Å². The third-order valence-electron chi connectivity index (χ3n) is 3.60. The summed E-state index contributed by atoms with van der Waals surface area (Å²) >= 11 is 0. The van der Waals surface area contributed by atoms with Crippen LogP contribution in [0.2, 0.25) is 0 Å². The number of amides is 1. The number of nitrogens with two attached hydrogens (primary N) is 1. The Morgan fingerprint density at radius 2 is 2.11 bits per heavy atom. The zero-order valence-electron chi connectivity index (χ0n) is 10.6. The number of hydrogen-bond donors (Lipinski definition) is 2. The Morgan fingerprint density at radius 1 is 1.44 bits per heavy atom. The van der Waals surface area contributed by atoms with Gasteiger partial charge in [0.15, 0.2) is 0 Å². The average molecular weight is 248 g/mol. The van der Waals surface area contributed by atoms with Crippen LogP contribution in [0.1, 0.15) is 24.9 Å². The van der Waals surface area contributed by atoms with Crippen LogP contribution in [0.5, 0.6) is 0 Å².